The number of nitrogens with one attached hydrogen (secondary N) is 2. The minimum Gasteiger partial charge on any atom is -0.361 e. The molecule has 0 bridgehead atoms. The summed E-state index contributed by atoms with van der Waals surface area (Å²) in [5.41, 5.74) is 1.55. The van der Waals surface area contributed by atoms with Crippen molar-refractivity contribution in [3.63, 3.8) is 0 Å². The third-order valence-electron chi connectivity index (χ3n) is 4.12. The van der Waals surface area contributed by atoms with Crippen LogP contribution in [0.1, 0.15) is 17.7 Å². The Morgan fingerprint density at radius 1 is 1.50 bits per heavy atom. The van der Waals surface area contributed by atoms with Crippen molar-refractivity contribution < 1.29 is 13.7 Å². The fourth-order valence-corrected chi connectivity index (χ4v) is 2.84. The number of hydrogen-bond acceptors (Lipinski definition) is 5. The van der Waals surface area contributed by atoms with Crippen molar-refractivity contribution in [1.29, 1.82) is 0 Å². The van der Waals surface area contributed by atoms with Crippen LogP contribution in [0.4, 0.5) is 14.9 Å². The molecular weight excluding hydrogens is 313 g/mol. The Bertz CT molecular complexity index is 678. The molecule has 0 saturated carbocycles. The van der Waals surface area contributed by atoms with Gasteiger partial charge in [-0.25, -0.2) is 9.18 Å². The number of amides is 2. The number of aromatic nitrogens is 2. The molecule has 24 heavy (non-hydrogen) atoms. The van der Waals surface area contributed by atoms with Gasteiger partial charge in [-0.3, -0.25) is 9.88 Å². The molecular formula is C16H20FN5O2. The molecule has 1 saturated heterocycles. The highest BCUT2D eigenvalue weighted by molar-refractivity contribution is 5.88. The summed E-state index contributed by atoms with van der Waals surface area (Å²) in [4.78, 5) is 17.9. The molecule has 8 heteroatoms. The predicted molar refractivity (Wildman–Crippen MR) is 86.2 cm³/mol. The highest BCUT2D eigenvalue weighted by atomic mass is 19.1. The van der Waals surface area contributed by atoms with Crippen molar-refractivity contribution in [1.82, 2.24) is 20.4 Å². The Labute approximate surface area is 139 Å². The molecule has 2 aromatic heterocycles. The number of pyridine rings is 1. The monoisotopic (exact) mass is 333 g/mol. The SMILES string of the molecule is Cc1oncc1CN1C[C@@H](F)C[C@H]1CNC(=O)Nc1cccnc1. The smallest absolute Gasteiger partial charge is 0.319 e. The summed E-state index contributed by atoms with van der Waals surface area (Å²) in [6.07, 6.45) is 4.36. The first kappa shape index (κ1) is 16.4. The van der Waals surface area contributed by atoms with Crippen LogP contribution in [-0.2, 0) is 6.54 Å². The lowest BCUT2D eigenvalue weighted by atomic mass is 10.2. The molecule has 128 valence electrons. The van der Waals surface area contributed by atoms with Gasteiger partial charge in [0, 0.05) is 37.4 Å². The summed E-state index contributed by atoms with van der Waals surface area (Å²) in [6, 6.07) is 3.10. The van der Waals surface area contributed by atoms with E-state index in [1.807, 2.05) is 11.8 Å². The molecule has 3 heterocycles. The minimum absolute atomic E-state index is 0.0612. The van der Waals surface area contributed by atoms with E-state index in [0.29, 0.717) is 31.7 Å². The van der Waals surface area contributed by atoms with E-state index >= 15 is 0 Å². The van der Waals surface area contributed by atoms with Crippen LogP contribution in [0.5, 0.6) is 0 Å². The molecule has 2 amide bonds. The number of carbonyl (C=O) groups excluding carboxylic acids is 1. The normalized spacial score (nSPS) is 20.9. The first-order chi connectivity index (χ1) is 11.6. The summed E-state index contributed by atoms with van der Waals surface area (Å²) in [7, 11) is 0. The number of halogens is 1. The second kappa shape index (κ2) is 7.39. The number of aryl methyl sites for hydroxylation is 1. The molecule has 0 unspecified atom stereocenters. The van der Waals surface area contributed by atoms with E-state index in [-0.39, 0.29) is 12.1 Å². The lowest BCUT2D eigenvalue weighted by molar-refractivity contribution is 0.223. The molecule has 2 N–H and O–H groups in total. The highest BCUT2D eigenvalue weighted by Gasteiger charge is 2.32. The van der Waals surface area contributed by atoms with E-state index in [0.717, 1.165) is 11.3 Å². The van der Waals surface area contributed by atoms with Gasteiger partial charge in [-0.15, -0.1) is 0 Å². The molecule has 0 aromatic carbocycles. The Balaban J connectivity index is 1.53. The van der Waals surface area contributed by atoms with Gasteiger partial charge < -0.3 is 15.2 Å². The zero-order chi connectivity index (χ0) is 16.9. The topological polar surface area (TPSA) is 83.3 Å². The van der Waals surface area contributed by atoms with Crippen LogP contribution in [0, 0.1) is 6.92 Å². The van der Waals surface area contributed by atoms with E-state index < -0.39 is 6.17 Å². The van der Waals surface area contributed by atoms with E-state index in [1.54, 1.807) is 30.7 Å². The fraction of sp³-hybridized carbons (Fsp3) is 0.438. The Kier molecular flexibility index (Phi) is 5.05. The maximum absolute atomic E-state index is 13.8. The fourth-order valence-electron chi connectivity index (χ4n) is 2.84. The summed E-state index contributed by atoms with van der Waals surface area (Å²) in [5.74, 6) is 0.735. The van der Waals surface area contributed by atoms with Crippen LogP contribution in [0.15, 0.2) is 35.2 Å². The van der Waals surface area contributed by atoms with Gasteiger partial charge in [-0.1, -0.05) is 5.16 Å². The molecule has 2 aromatic rings. The van der Waals surface area contributed by atoms with Crippen molar-refractivity contribution in [2.24, 2.45) is 0 Å². The first-order valence-electron chi connectivity index (χ1n) is 7.85. The predicted octanol–water partition coefficient (Wildman–Crippen LogP) is 2.11. The number of nitrogens with zero attached hydrogens (tertiary/aromatic N) is 3. The second-order valence-electron chi connectivity index (χ2n) is 5.90. The maximum atomic E-state index is 13.8. The zero-order valence-corrected chi connectivity index (χ0v) is 13.4. The van der Waals surface area contributed by atoms with Gasteiger partial charge in [0.15, 0.2) is 0 Å². The van der Waals surface area contributed by atoms with Crippen molar-refractivity contribution in [2.75, 3.05) is 18.4 Å². The third-order valence-corrected chi connectivity index (χ3v) is 4.12. The van der Waals surface area contributed by atoms with Gasteiger partial charge in [-0.2, -0.15) is 0 Å². The number of urea groups is 1. The maximum Gasteiger partial charge on any atom is 0.319 e. The van der Waals surface area contributed by atoms with Crippen LogP contribution in [-0.4, -0.2) is 46.4 Å². The standard InChI is InChI=1S/C16H20FN5O2/c1-11-12(6-20-24-11)9-22-10-13(17)5-15(22)8-19-16(23)21-14-3-2-4-18-7-14/h2-4,6-7,13,15H,5,8-10H2,1H3,(H2,19,21,23)/t13-,15-/m0/s1. The lowest BCUT2D eigenvalue weighted by Crippen LogP contribution is -2.41. The van der Waals surface area contributed by atoms with Crippen LogP contribution < -0.4 is 10.6 Å². The number of alkyl halides is 1. The van der Waals surface area contributed by atoms with Crippen LogP contribution in [0.25, 0.3) is 0 Å². The van der Waals surface area contributed by atoms with Gasteiger partial charge in [0.05, 0.1) is 18.1 Å². The third kappa shape index (κ3) is 4.08. The van der Waals surface area contributed by atoms with Crippen LogP contribution >= 0.6 is 0 Å². The molecule has 0 aliphatic carbocycles. The minimum atomic E-state index is -0.890. The van der Waals surface area contributed by atoms with Gasteiger partial charge >= 0.3 is 6.03 Å². The second-order valence-corrected chi connectivity index (χ2v) is 5.90. The van der Waals surface area contributed by atoms with Gasteiger partial charge in [0.1, 0.15) is 11.9 Å². The number of rotatable bonds is 5. The molecule has 3 rings (SSSR count). The van der Waals surface area contributed by atoms with Crippen LogP contribution in [0.2, 0.25) is 0 Å². The van der Waals surface area contributed by atoms with Crippen LogP contribution in [0.3, 0.4) is 0 Å². The molecule has 7 nitrogen and oxygen atoms in total. The molecule has 0 spiro atoms. The van der Waals surface area contributed by atoms with Gasteiger partial charge in [0.25, 0.3) is 0 Å². The Morgan fingerprint density at radius 3 is 3.08 bits per heavy atom. The summed E-state index contributed by atoms with van der Waals surface area (Å²) < 4.78 is 18.9. The number of carbonyl (C=O) groups is 1. The number of hydrogen-bond donors (Lipinski definition) is 2. The van der Waals surface area contributed by atoms with Crippen molar-refractivity contribution in [3.05, 3.63) is 42.0 Å². The number of likely N-dealkylation sites (tertiary alicyclic amines) is 1. The molecule has 1 aliphatic heterocycles. The van der Waals surface area contributed by atoms with Crippen molar-refractivity contribution in [3.8, 4) is 0 Å². The molecule has 2 atom stereocenters. The van der Waals surface area contributed by atoms with E-state index in [9.17, 15) is 9.18 Å². The molecule has 1 aliphatic rings. The van der Waals surface area contributed by atoms with E-state index in [1.165, 1.54) is 0 Å². The van der Waals surface area contributed by atoms with E-state index in [4.69, 9.17) is 4.52 Å². The lowest BCUT2D eigenvalue weighted by Gasteiger charge is -2.23. The first-order valence-corrected chi connectivity index (χ1v) is 7.85. The summed E-state index contributed by atoms with van der Waals surface area (Å²) in [5, 5.41) is 9.24. The summed E-state index contributed by atoms with van der Waals surface area (Å²) >= 11 is 0. The van der Waals surface area contributed by atoms with Crippen molar-refractivity contribution in [2.45, 2.75) is 32.1 Å². The van der Waals surface area contributed by atoms with E-state index in [2.05, 4.69) is 20.8 Å². The quantitative estimate of drug-likeness (QED) is 0.876. The molecule has 0 radical (unpaired) electrons. The Morgan fingerprint density at radius 2 is 2.38 bits per heavy atom. The zero-order valence-electron chi connectivity index (χ0n) is 13.4. The largest absolute Gasteiger partial charge is 0.361 e. The summed E-state index contributed by atoms with van der Waals surface area (Å²) in [6.45, 7) is 3.12. The molecule has 1 fully saturated rings. The van der Waals surface area contributed by atoms with Gasteiger partial charge in [0.2, 0.25) is 0 Å². The van der Waals surface area contributed by atoms with Crippen molar-refractivity contribution >= 4 is 11.7 Å². The number of anilines is 1. The van der Waals surface area contributed by atoms with Gasteiger partial charge in [-0.05, 0) is 25.5 Å². The highest BCUT2D eigenvalue weighted by Crippen LogP contribution is 2.23. The average Bonchev–Trinajstić information content (AvgIpc) is 3.12. The average molecular weight is 333 g/mol. The Hall–Kier alpha value is -2.48.